The van der Waals surface area contributed by atoms with Gasteiger partial charge in [-0.2, -0.15) is 0 Å². The highest BCUT2D eigenvalue weighted by Crippen LogP contribution is 2.09. The molecule has 0 amide bonds. The lowest BCUT2D eigenvalue weighted by Crippen LogP contribution is -2.25. The minimum Gasteiger partial charge on any atom is -0.468 e. The van der Waals surface area contributed by atoms with E-state index in [1.165, 1.54) is 7.11 Å². The van der Waals surface area contributed by atoms with Crippen LogP contribution in [0.1, 0.15) is 10.4 Å². The highest BCUT2D eigenvalue weighted by atomic mass is 127. The van der Waals surface area contributed by atoms with Crippen molar-refractivity contribution in [2.24, 2.45) is 0 Å². The summed E-state index contributed by atoms with van der Waals surface area (Å²) >= 11 is 7.74. The molecule has 1 aromatic rings. The van der Waals surface area contributed by atoms with Gasteiger partial charge in [-0.25, -0.2) is 4.79 Å². The predicted molar refractivity (Wildman–Crippen MR) is 72.4 cm³/mol. The van der Waals surface area contributed by atoms with Crippen molar-refractivity contribution in [3.8, 4) is 0 Å². The van der Waals surface area contributed by atoms with Crippen molar-refractivity contribution >= 4 is 45.9 Å². The Morgan fingerprint density at radius 2 is 1.75 bits per heavy atom. The molecule has 3 nitrogen and oxygen atoms in total. The van der Waals surface area contributed by atoms with Gasteiger partial charge in [0.25, 0.3) is 0 Å². The fourth-order valence-electron chi connectivity index (χ4n) is 0.959. The summed E-state index contributed by atoms with van der Waals surface area (Å²) in [5.41, 5.74) is 0.401. The summed E-state index contributed by atoms with van der Waals surface area (Å²) in [6, 6.07) is 8.38. The monoisotopic (exact) mass is 354 g/mol. The maximum atomic E-state index is 11.5. The normalized spacial score (nSPS) is 10.8. The highest BCUT2D eigenvalue weighted by molar-refractivity contribution is 14.1. The Balaban J connectivity index is 0.00000106. The van der Waals surface area contributed by atoms with Gasteiger partial charge in [-0.1, -0.05) is 52.9 Å². The van der Waals surface area contributed by atoms with Gasteiger partial charge in [0.15, 0.2) is 11.2 Å². The van der Waals surface area contributed by atoms with Crippen LogP contribution in [-0.2, 0) is 9.53 Å². The van der Waals surface area contributed by atoms with E-state index in [-0.39, 0.29) is 0 Å². The number of rotatable bonds is 3. The van der Waals surface area contributed by atoms with Gasteiger partial charge in [-0.3, -0.25) is 4.79 Å². The van der Waals surface area contributed by atoms with Crippen LogP contribution in [0.3, 0.4) is 0 Å². The molecule has 0 aliphatic rings. The average molecular weight is 355 g/mol. The number of hydrogen-bond donors (Lipinski definition) is 0. The van der Waals surface area contributed by atoms with Gasteiger partial charge >= 0.3 is 5.97 Å². The third-order valence-corrected chi connectivity index (χ3v) is 2.07. The molecule has 0 aliphatic carbocycles. The van der Waals surface area contributed by atoms with Gasteiger partial charge in [0.05, 0.1) is 7.11 Å². The maximum Gasteiger partial charge on any atom is 0.331 e. The summed E-state index contributed by atoms with van der Waals surface area (Å²) in [6.45, 7) is 0. The first-order valence-corrected chi connectivity index (χ1v) is 6.95. The van der Waals surface area contributed by atoms with E-state index < -0.39 is 17.1 Å². The molecule has 0 fully saturated rings. The van der Waals surface area contributed by atoms with Gasteiger partial charge in [0, 0.05) is 5.56 Å². The summed E-state index contributed by atoms with van der Waals surface area (Å²) < 4.78 is 4.36. The second kappa shape index (κ2) is 8.52. The van der Waals surface area contributed by atoms with Crippen molar-refractivity contribution in [3.05, 3.63) is 35.9 Å². The predicted octanol–water partition coefficient (Wildman–Crippen LogP) is 2.70. The maximum absolute atomic E-state index is 11.5. The van der Waals surface area contributed by atoms with E-state index in [1.54, 1.807) is 30.3 Å². The number of hydrogen-bond acceptors (Lipinski definition) is 3. The van der Waals surface area contributed by atoms with Crippen LogP contribution in [0.25, 0.3) is 0 Å². The summed E-state index contributed by atoms with van der Waals surface area (Å²) in [7, 11) is 1.19. The van der Waals surface area contributed by atoms with Gasteiger partial charge in [-0.05, 0) is 4.93 Å². The largest absolute Gasteiger partial charge is 0.468 e. The standard InChI is InChI=1S/C10H9ClO3.CH3I/c1-14-10(13)8(11)9(12)7-5-3-2-4-6-7;1-2/h2-6,8H,1H3;1H3. The minimum atomic E-state index is -1.26. The molecular formula is C11H12ClIO3. The Bertz CT molecular complexity index is 340. The van der Waals surface area contributed by atoms with Crippen molar-refractivity contribution in [2.75, 3.05) is 12.0 Å². The van der Waals surface area contributed by atoms with Gasteiger partial charge in [0.2, 0.25) is 0 Å². The van der Waals surface area contributed by atoms with Crippen molar-refractivity contribution in [2.45, 2.75) is 5.38 Å². The van der Waals surface area contributed by atoms with Crippen LogP contribution in [0.4, 0.5) is 0 Å². The van der Waals surface area contributed by atoms with E-state index in [0.29, 0.717) is 5.56 Å². The van der Waals surface area contributed by atoms with Crippen LogP contribution in [0.15, 0.2) is 30.3 Å². The Kier molecular flexibility index (Phi) is 8.19. The quantitative estimate of drug-likeness (QED) is 0.276. The SMILES string of the molecule is CI.COC(=O)C(Cl)C(=O)c1ccccc1. The lowest BCUT2D eigenvalue weighted by Gasteiger charge is -2.05. The number of benzene rings is 1. The molecule has 0 saturated carbocycles. The number of Topliss-reactive ketones (excluding diaryl/α,β-unsaturated/α-hetero) is 1. The van der Waals surface area contributed by atoms with E-state index in [0.717, 1.165) is 0 Å². The third kappa shape index (κ3) is 4.49. The number of alkyl halides is 2. The first-order chi connectivity index (χ1) is 7.66. The zero-order chi connectivity index (χ0) is 12.6. The van der Waals surface area contributed by atoms with E-state index in [4.69, 9.17) is 11.6 Å². The summed E-state index contributed by atoms with van der Waals surface area (Å²) in [5.74, 6) is -1.18. The van der Waals surface area contributed by atoms with E-state index in [9.17, 15) is 9.59 Å². The smallest absolute Gasteiger partial charge is 0.331 e. The van der Waals surface area contributed by atoms with E-state index in [1.807, 2.05) is 4.93 Å². The number of carbonyl (C=O) groups excluding carboxylic acids is 2. The van der Waals surface area contributed by atoms with Gasteiger partial charge in [-0.15, -0.1) is 11.6 Å². The lowest BCUT2D eigenvalue weighted by molar-refractivity contribution is -0.139. The van der Waals surface area contributed by atoms with Crippen LogP contribution in [0.5, 0.6) is 0 Å². The molecule has 1 rings (SSSR count). The van der Waals surface area contributed by atoms with Crippen molar-refractivity contribution in [1.82, 2.24) is 0 Å². The van der Waals surface area contributed by atoms with Crippen molar-refractivity contribution in [1.29, 1.82) is 0 Å². The number of esters is 1. The first-order valence-electron chi connectivity index (χ1n) is 4.35. The fraction of sp³-hybridized carbons (Fsp3) is 0.273. The van der Waals surface area contributed by atoms with Crippen molar-refractivity contribution in [3.63, 3.8) is 0 Å². The number of methoxy groups -OCH3 is 1. The molecule has 0 N–H and O–H groups in total. The number of carbonyl (C=O) groups is 2. The molecule has 0 bridgehead atoms. The highest BCUT2D eigenvalue weighted by Gasteiger charge is 2.25. The fourth-order valence-corrected chi connectivity index (χ4v) is 1.17. The molecule has 1 aromatic carbocycles. The van der Waals surface area contributed by atoms with Crippen LogP contribution in [0, 0.1) is 0 Å². The Hall–Kier alpha value is -0.620. The van der Waals surface area contributed by atoms with Crippen molar-refractivity contribution < 1.29 is 14.3 Å². The molecule has 0 heterocycles. The number of halogens is 2. The molecule has 0 radical (unpaired) electrons. The van der Waals surface area contributed by atoms with Gasteiger partial charge < -0.3 is 4.74 Å². The number of ether oxygens (including phenoxy) is 1. The number of ketones is 1. The molecule has 16 heavy (non-hydrogen) atoms. The molecule has 88 valence electrons. The summed E-state index contributed by atoms with van der Waals surface area (Å²) in [5, 5.41) is -1.26. The zero-order valence-corrected chi connectivity index (χ0v) is 11.9. The molecule has 1 atom stereocenters. The second-order valence-electron chi connectivity index (χ2n) is 2.62. The molecule has 5 heteroatoms. The molecule has 0 aromatic heterocycles. The summed E-state index contributed by atoms with van der Waals surface area (Å²) in [4.78, 5) is 24.4. The Morgan fingerprint density at radius 3 is 2.19 bits per heavy atom. The van der Waals surface area contributed by atoms with E-state index >= 15 is 0 Å². The third-order valence-electron chi connectivity index (χ3n) is 1.70. The van der Waals surface area contributed by atoms with Crippen LogP contribution < -0.4 is 0 Å². The molecule has 0 saturated heterocycles. The van der Waals surface area contributed by atoms with Gasteiger partial charge in [0.1, 0.15) is 0 Å². The molecule has 1 unspecified atom stereocenters. The van der Waals surface area contributed by atoms with Crippen LogP contribution in [-0.4, -0.2) is 29.2 Å². The second-order valence-corrected chi connectivity index (χ2v) is 3.05. The first kappa shape index (κ1) is 15.4. The molecule has 0 spiro atoms. The molecule has 0 aliphatic heterocycles. The molecular weight excluding hydrogens is 342 g/mol. The lowest BCUT2D eigenvalue weighted by atomic mass is 10.1. The van der Waals surface area contributed by atoms with Crippen LogP contribution >= 0.6 is 34.2 Å². The summed E-state index contributed by atoms with van der Waals surface area (Å²) in [6.07, 6.45) is 0. The van der Waals surface area contributed by atoms with E-state index in [2.05, 4.69) is 27.3 Å². The minimum absolute atomic E-state index is 0.401. The Labute approximate surface area is 113 Å². The topological polar surface area (TPSA) is 43.4 Å². The average Bonchev–Trinajstić information content (AvgIpc) is 2.39. The Morgan fingerprint density at radius 1 is 1.25 bits per heavy atom. The zero-order valence-electron chi connectivity index (χ0n) is 8.94. The van der Waals surface area contributed by atoms with Crippen LogP contribution in [0.2, 0.25) is 0 Å².